The maximum absolute atomic E-state index is 10.7. The zero-order valence-corrected chi connectivity index (χ0v) is 7.32. The van der Waals surface area contributed by atoms with Crippen LogP contribution in [0.3, 0.4) is 0 Å². The van der Waals surface area contributed by atoms with Crippen molar-refractivity contribution in [2.45, 2.75) is 0 Å². The quantitative estimate of drug-likeness (QED) is 0.707. The Morgan fingerprint density at radius 2 is 2.36 bits per heavy atom. The van der Waals surface area contributed by atoms with Gasteiger partial charge in [0.25, 0.3) is 0 Å². The standard InChI is InChI=1S/C7H7N5O2/c1-11-3-2-6(9-11)12-5(7(13)14)4-8-10-12/h2-4H,1H3,(H,13,14). The monoisotopic (exact) mass is 193 g/mol. The Hall–Kier alpha value is -2.18. The van der Waals surface area contributed by atoms with Crippen LogP contribution in [0.25, 0.3) is 5.82 Å². The highest BCUT2D eigenvalue weighted by molar-refractivity contribution is 5.85. The fourth-order valence-corrected chi connectivity index (χ4v) is 1.07. The van der Waals surface area contributed by atoms with Crippen molar-refractivity contribution in [3.63, 3.8) is 0 Å². The number of hydrogen-bond donors (Lipinski definition) is 1. The maximum Gasteiger partial charge on any atom is 0.356 e. The van der Waals surface area contributed by atoms with E-state index >= 15 is 0 Å². The molecule has 0 radical (unpaired) electrons. The molecule has 7 nitrogen and oxygen atoms in total. The summed E-state index contributed by atoms with van der Waals surface area (Å²) < 4.78 is 2.73. The Bertz CT molecular complexity index is 472. The molecule has 0 aliphatic carbocycles. The molecule has 0 spiro atoms. The van der Waals surface area contributed by atoms with E-state index in [2.05, 4.69) is 15.4 Å². The van der Waals surface area contributed by atoms with E-state index in [1.807, 2.05) is 0 Å². The minimum Gasteiger partial charge on any atom is -0.476 e. The zero-order valence-electron chi connectivity index (χ0n) is 7.32. The minimum absolute atomic E-state index is 0.0105. The van der Waals surface area contributed by atoms with E-state index in [1.165, 1.54) is 10.9 Å². The van der Waals surface area contributed by atoms with Crippen LogP contribution in [0.4, 0.5) is 0 Å². The van der Waals surface area contributed by atoms with E-state index in [1.54, 1.807) is 24.0 Å². The molecular formula is C7H7N5O2. The molecule has 2 rings (SSSR count). The molecule has 0 amide bonds. The summed E-state index contributed by atoms with van der Waals surface area (Å²) in [6, 6.07) is 1.65. The number of aromatic nitrogens is 5. The van der Waals surface area contributed by atoms with Crippen molar-refractivity contribution in [2.24, 2.45) is 7.05 Å². The fraction of sp³-hybridized carbons (Fsp3) is 0.143. The molecule has 2 aromatic heterocycles. The molecule has 0 aliphatic rings. The third-order valence-electron chi connectivity index (χ3n) is 1.68. The SMILES string of the molecule is Cn1ccc(-n2nncc2C(=O)O)n1. The Morgan fingerprint density at radius 1 is 1.57 bits per heavy atom. The van der Waals surface area contributed by atoms with Gasteiger partial charge in [-0.15, -0.1) is 5.10 Å². The van der Waals surface area contributed by atoms with Crippen molar-refractivity contribution in [1.82, 2.24) is 24.8 Å². The molecule has 1 N–H and O–H groups in total. The zero-order chi connectivity index (χ0) is 10.1. The van der Waals surface area contributed by atoms with Gasteiger partial charge in [0, 0.05) is 19.3 Å². The molecule has 7 heteroatoms. The predicted molar refractivity (Wildman–Crippen MR) is 45.1 cm³/mol. The first-order valence-corrected chi connectivity index (χ1v) is 3.82. The molecule has 0 saturated carbocycles. The highest BCUT2D eigenvalue weighted by Gasteiger charge is 2.14. The summed E-state index contributed by atoms with van der Waals surface area (Å²) in [7, 11) is 1.74. The lowest BCUT2D eigenvalue weighted by atomic mass is 10.4. The third-order valence-corrected chi connectivity index (χ3v) is 1.68. The second-order valence-electron chi connectivity index (χ2n) is 2.68. The summed E-state index contributed by atoms with van der Waals surface area (Å²) in [6.07, 6.45) is 2.87. The molecule has 0 aliphatic heterocycles. The summed E-state index contributed by atoms with van der Waals surface area (Å²) in [4.78, 5) is 10.7. The summed E-state index contributed by atoms with van der Waals surface area (Å²) in [5.41, 5.74) is -0.0105. The van der Waals surface area contributed by atoms with Gasteiger partial charge in [0.15, 0.2) is 11.5 Å². The first-order chi connectivity index (χ1) is 6.68. The number of carboxylic acid groups (broad SMARTS) is 1. The summed E-state index contributed by atoms with van der Waals surface area (Å²) in [5, 5.41) is 19.9. The van der Waals surface area contributed by atoms with Gasteiger partial charge in [0.2, 0.25) is 0 Å². The first-order valence-electron chi connectivity index (χ1n) is 3.82. The van der Waals surface area contributed by atoms with Crippen molar-refractivity contribution in [2.75, 3.05) is 0 Å². The molecule has 2 heterocycles. The van der Waals surface area contributed by atoms with Gasteiger partial charge in [-0.3, -0.25) is 4.68 Å². The lowest BCUT2D eigenvalue weighted by molar-refractivity contribution is 0.0686. The third kappa shape index (κ3) is 1.24. The molecule has 0 fully saturated rings. The normalized spacial score (nSPS) is 10.4. The molecule has 72 valence electrons. The van der Waals surface area contributed by atoms with Crippen molar-refractivity contribution in [1.29, 1.82) is 0 Å². The molecule has 14 heavy (non-hydrogen) atoms. The van der Waals surface area contributed by atoms with E-state index in [-0.39, 0.29) is 5.69 Å². The van der Waals surface area contributed by atoms with Gasteiger partial charge in [-0.1, -0.05) is 5.21 Å². The number of rotatable bonds is 2. The van der Waals surface area contributed by atoms with Crippen LogP contribution in [0.1, 0.15) is 10.5 Å². The minimum atomic E-state index is -1.08. The summed E-state index contributed by atoms with van der Waals surface area (Å²) in [6.45, 7) is 0. The average molecular weight is 193 g/mol. The van der Waals surface area contributed by atoms with Crippen LogP contribution in [-0.4, -0.2) is 35.9 Å². The lowest BCUT2D eigenvalue weighted by Crippen LogP contribution is -2.08. The maximum atomic E-state index is 10.7. The molecule has 0 saturated heterocycles. The highest BCUT2D eigenvalue weighted by Crippen LogP contribution is 2.05. The smallest absolute Gasteiger partial charge is 0.356 e. The average Bonchev–Trinajstić information content (AvgIpc) is 2.70. The fourth-order valence-electron chi connectivity index (χ4n) is 1.07. The van der Waals surface area contributed by atoms with Crippen LogP contribution >= 0.6 is 0 Å². The van der Waals surface area contributed by atoms with E-state index < -0.39 is 5.97 Å². The first kappa shape index (κ1) is 8.42. The van der Waals surface area contributed by atoms with Crippen LogP contribution in [0, 0.1) is 0 Å². The van der Waals surface area contributed by atoms with E-state index in [0.29, 0.717) is 5.82 Å². The van der Waals surface area contributed by atoms with Gasteiger partial charge in [-0.2, -0.15) is 9.78 Å². The van der Waals surface area contributed by atoms with Crippen molar-refractivity contribution in [3.8, 4) is 5.82 Å². The van der Waals surface area contributed by atoms with Crippen LogP contribution in [0.15, 0.2) is 18.5 Å². The van der Waals surface area contributed by atoms with Crippen LogP contribution in [0.5, 0.6) is 0 Å². The number of carbonyl (C=O) groups is 1. The molecule has 0 aromatic carbocycles. The van der Waals surface area contributed by atoms with Crippen LogP contribution in [0.2, 0.25) is 0 Å². The molecule has 2 aromatic rings. The van der Waals surface area contributed by atoms with Crippen molar-refractivity contribution >= 4 is 5.97 Å². The highest BCUT2D eigenvalue weighted by atomic mass is 16.4. The second-order valence-corrected chi connectivity index (χ2v) is 2.68. The second kappa shape index (κ2) is 2.95. The molecule has 0 unspecified atom stereocenters. The van der Waals surface area contributed by atoms with E-state index in [4.69, 9.17) is 5.11 Å². The largest absolute Gasteiger partial charge is 0.476 e. The van der Waals surface area contributed by atoms with Gasteiger partial charge in [0.05, 0.1) is 6.20 Å². The van der Waals surface area contributed by atoms with E-state index in [9.17, 15) is 4.79 Å². The van der Waals surface area contributed by atoms with Crippen LogP contribution in [-0.2, 0) is 7.05 Å². The van der Waals surface area contributed by atoms with Crippen molar-refractivity contribution < 1.29 is 9.90 Å². The summed E-state index contributed by atoms with van der Waals surface area (Å²) >= 11 is 0. The van der Waals surface area contributed by atoms with Gasteiger partial charge in [-0.05, 0) is 0 Å². The molecule has 0 atom stereocenters. The topological polar surface area (TPSA) is 85.8 Å². The number of nitrogens with zero attached hydrogens (tertiary/aromatic N) is 5. The van der Waals surface area contributed by atoms with Gasteiger partial charge in [-0.25, -0.2) is 4.79 Å². The summed E-state index contributed by atoms with van der Waals surface area (Å²) in [5.74, 6) is -0.650. The lowest BCUT2D eigenvalue weighted by Gasteiger charge is -1.96. The number of aromatic carboxylic acids is 1. The molecule has 0 bridgehead atoms. The predicted octanol–water partition coefficient (Wildman–Crippen LogP) is -0.301. The van der Waals surface area contributed by atoms with Gasteiger partial charge < -0.3 is 5.11 Å². The Balaban J connectivity index is 2.51. The van der Waals surface area contributed by atoms with E-state index in [0.717, 1.165) is 0 Å². The van der Waals surface area contributed by atoms with Gasteiger partial charge in [0.1, 0.15) is 0 Å². The number of carboxylic acids is 1. The van der Waals surface area contributed by atoms with Crippen LogP contribution < -0.4 is 0 Å². The van der Waals surface area contributed by atoms with Crippen molar-refractivity contribution in [3.05, 3.63) is 24.2 Å². The molecular weight excluding hydrogens is 186 g/mol. The Labute approximate surface area is 78.6 Å². The van der Waals surface area contributed by atoms with Gasteiger partial charge >= 0.3 is 5.97 Å². The number of aryl methyl sites for hydroxylation is 1. The number of hydrogen-bond acceptors (Lipinski definition) is 4. The Kier molecular flexibility index (Phi) is 1.77. The Morgan fingerprint density at radius 3 is 2.93 bits per heavy atom.